The van der Waals surface area contributed by atoms with Gasteiger partial charge < -0.3 is 9.67 Å². The zero-order chi connectivity index (χ0) is 13.1. The van der Waals surface area contributed by atoms with Crippen molar-refractivity contribution in [3.05, 3.63) is 23.0 Å². The third-order valence-electron chi connectivity index (χ3n) is 4.25. The average molecular weight is 259 g/mol. The van der Waals surface area contributed by atoms with Crippen molar-refractivity contribution in [1.82, 2.24) is 4.57 Å². The van der Waals surface area contributed by atoms with Gasteiger partial charge in [-0.2, -0.15) is 13.2 Å². The van der Waals surface area contributed by atoms with E-state index in [1.165, 1.54) is 4.57 Å². The Bertz CT molecular complexity index is 485. The minimum atomic E-state index is -4.20. The predicted molar refractivity (Wildman–Crippen MR) is 60.3 cm³/mol. The largest absolute Gasteiger partial charge is 0.411 e. The molecule has 0 aliphatic heterocycles. The first-order chi connectivity index (χ1) is 8.37. The number of aliphatic hydroxyl groups excluding tert-OH is 1. The highest BCUT2D eigenvalue weighted by atomic mass is 19.4. The van der Waals surface area contributed by atoms with Crippen molar-refractivity contribution in [3.63, 3.8) is 0 Å². The summed E-state index contributed by atoms with van der Waals surface area (Å²) in [5, 5.41) is 9.89. The first-order valence-electron chi connectivity index (χ1n) is 6.33. The van der Waals surface area contributed by atoms with Crippen molar-refractivity contribution in [3.8, 4) is 0 Å². The molecule has 1 unspecified atom stereocenters. The van der Waals surface area contributed by atoms with Crippen LogP contribution >= 0.6 is 0 Å². The highest BCUT2D eigenvalue weighted by Crippen LogP contribution is 2.57. The summed E-state index contributed by atoms with van der Waals surface area (Å²) >= 11 is 0. The summed E-state index contributed by atoms with van der Waals surface area (Å²) in [5.41, 5.74) is 0.327. The number of halogens is 3. The molecule has 1 atom stereocenters. The summed E-state index contributed by atoms with van der Waals surface area (Å²) in [6, 6.07) is 1.73. The summed E-state index contributed by atoms with van der Waals surface area (Å²) in [4.78, 5) is 0. The number of aryl methyl sites for hydroxylation is 1. The van der Waals surface area contributed by atoms with Crippen LogP contribution in [0.15, 0.2) is 6.07 Å². The lowest BCUT2D eigenvalue weighted by Gasteiger charge is -2.28. The zero-order valence-electron chi connectivity index (χ0n) is 10.2. The number of nitrogens with zero attached hydrogens (tertiary/aromatic N) is 1. The molecule has 1 N–H and O–H groups in total. The zero-order valence-corrected chi connectivity index (χ0v) is 10.2. The van der Waals surface area contributed by atoms with Gasteiger partial charge in [-0.25, -0.2) is 0 Å². The Kier molecular flexibility index (Phi) is 2.37. The molecule has 0 saturated heterocycles. The summed E-state index contributed by atoms with van der Waals surface area (Å²) in [6.07, 6.45) is -2.44. The highest BCUT2D eigenvalue weighted by Gasteiger charge is 2.65. The summed E-state index contributed by atoms with van der Waals surface area (Å²) < 4.78 is 41.1. The number of alkyl halides is 3. The van der Waals surface area contributed by atoms with Crippen molar-refractivity contribution in [2.45, 2.75) is 56.8 Å². The number of aromatic nitrogens is 1. The van der Waals surface area contributed by atoms with E-state index in [4.69, 9.17) is 0 Å². The van der Waals surface area contributed by atoms with Gasteiger partial charge in [0.15, 0.2) is 0 Å². The quantitative estimate of drug-likeness (QED) is 0.823. The van der Waals surface area contributed by atoms with Crippen LogP contribution in [0.1, 0.15) is 48.7 Å². The van der Waals surface area contributed by atoms with Crippen molar-refractivity contribution >= 4 is 0 Å². The normalized spacial score (nSPS) is 25.9. The summed E-state index contributed by atoms with van der Waals surface area (Å²) in [6.45, 7) is 1.71. The van der Waals surface area contributed by atoms with Gasteiger partial charge in [-0.05, 0) is 45.1 Å². The van der Waals surface area contributed by atoms with E-state index in [0.29, 0.717) is 29.8 Å². The number of aliphatic hydroxyl groups is 1. The fourth-order valence-corrected chi connectivity index (χ4v) is 3.23. The van der Waals surface area contributed by atoms with Gasteiger partial charge in [0.05, 0.1) is 6.10 Å². The van der Waals surface area contributed by atoms with E-state index in [2.05, 4.69) is 0 Å². The molecule has 0 amide bonds. The molecule has 1 aromatic heterocycles. The van der Waals surface area contributed by atoms with Crippen molar-refractivity contribution < 1.29 is 18.3 Å². The van der Waals surface area contributed by atoms with Crippen LogP contribution in [0.3, 0.4) is 0 Å². The molecule has 1 fully saturated rings. The minimum absolute atomic E-state index is 0.161. The first kappa shape index (κ1) is 12.1. The smallest absolute Gasteiger partial charge is 0.388 e. The van der Waals surface area contributed by atoms with E-state index < -0.39 is 17.8 Å². The molecule has 0 aromatic carbocycles. The van der Waals surface area contributed by atoms with Gasteiger partial charge in [-0.1, -0.05) is 0 Å². The lowest BCUT2D eigenvalue weighted by molar-refractivity contribution is -0.180. The van der Waals surface area contributed by atoms with Gasteiger partial charge in [0.25, 0.3) is 0 Å². The molecule has 18 heavy (non-hydrogen) atoms. The van der Waals surface area contributed by atoms with Crippen LogP contribution < -0.4 is 0 Å². The van der Waals surface area contributed by atoms with E-state index in [-0.39, 0.29) is 12.8 Å². The maximum atomic E-state index is 13.2. The lowest BCUT2D eigenvalue weighted by atomic mass is 9.95. The second-order valence-corrected chi connectivity index (χ2v) is 5.46. The predicted octanol–water partition coefficient (Wildman–Crippen LogP) is 3.22. The molecule has 0 radical (unpaired) electrons. The second-order valence-electron chi connectivity index (χ2n) is 5.46. The van der Waals surface area contributed by atoms with Crippen LogP contribution in [0.2, 0.25) is 0 Å². The molecule has 2 nitrogen and oxygen atoms in total. The van der Waals surface area contributed by atoms with Gasteiger partial charge in [0, 0.05) is 17.0 Å². The fraction of sp³-hybridized carbons (Fsp3) is 0.692. The SMILES string of the molecule is Cc1cc2c(n1C1(C(F)(F)F)CC1)CCCC2O. The molecule has 1 aromatic rings. The third-order valence-corrected chi connectivity index (χ3v) is 4.25. The fourth-order valence-electron chi connectivity index (χ4n) is 3.23. The minimum Gasteiger partial charge on any atom is -0.388 e. The first-order valence-corrected chi connectivity index (χ1v) is 6.33. The Morgan fingerprint density at radius 2 is 2.06 bits per heavy atom. The third kappa shape index (κ3) is 1.46. The van der Waals surface area contributed by atoms with Gasteiger partial charge in [0.1, 0.15) is 5.54 Å². The topological polar surface area (TPSA) is 25.2 Å². The number of hydrogen-bond acceptors (Lipinski definition) is 1. The summed E-state index contributed by atoms with van der Waals surface area (Å²) in [7, 11) is 0. The second kappa shape index (κ2) is 3.53. The maximum absolute atomic E-state index is 13.2. The van der Waals surface area contributed by atoms with Crippen molar-refractivity contribution in [2.75, 3.05) is 0 Å². The Hall–Kier alpha value is -0.970. The molecule has 100 valence electrons. The van der Waals surface area contributed by atoms with E-state index in [9.17, 15) is 18.3 Å². The number of rotatable bonds is 1. The molecule has 1 heterocycles. The van der Waals surface area contributed by atoms with E-state index in [1.807, 2.05) is 0 Å². The standard InChI is InChI=1S/C13H16F3NO/c1-8-7-9-10(3-2-4-11(9)18)17(8)12(5-6-12)13(14,15)16/h7,11,18H,2-6H2,1H3. The highest BCUT2D eigenvalue weighted by molar-refractivity contribution is 5.35. The van der Waals surface area contributed by atoms with Crippen LogP contribution in [0, 0.1) is 6.92 Å². The van der Waals surface area contributed by atoms with E-state index >= 15 is 0 Å². The van der Waals surface area contributed by atoms with Gasteiger partial charge in [-0.15, -0.1) is 0 Å². The lowest BCUT2D eigenvalue weighted by Crippen LogP contribution is -2.37. The van der Waals surface area contributed by atoms with Crippen LogP contribution in [-0.4, -0.2) is 15.8 Å². The molecule has 2 aliphatic rings. The van der Waals surface area contributed by atoms with Gasteiger partial charge in [-0.3, -0.25) is 0 Å². The molecule has 0 spiro atoms. The van der Waals surface area contributed by atoms with Crippen LogP contribution in [0.4, 0.5) is 13.2 Å². The Morgan fingerprint density at radius 3 is 2.61 bits per heavy atom. The van der Waals surface area contributed by atoms with E-state index in [1.54, 1.807) is 13.0 Å². The molecule has 0 bridgehead atoms. The van der Waals surface area contributed by atoms with Crippen molar-refractivity contribution in [2.24, 2.45) is 0 Å². The van der Waals surface area contributed by atoms with Gasteiger partial charge >= 0.3 is 6.18 Å². The average Bonchev–Trinajstić information content (AvgIpc) is 2.98. The molecule has 3 rings (SSSR count). The summed E-state index contributed by atoms with van der Waals surface area (Å²) in [5.74, 6) is 0. The Balaban J connectivity index is 2.14. The molecular weight excluding hydrogens is 243 g/mol. The molecule has 1 saturated carbocycles. The van der Waals surface area contributed by atoms with Crippen LogP contribution in [-0.2, 0) is 12.0 Å². The maximum Gasteiger partial charge on any atom is 0.411 e. The molecule has 5 heteroatoms. The molecule has 2 aliphatic carbocycles. The van der Waals surface area contributed by atoms with E-state index in [0.717, 1.165) is 6.42 Å². The van der Waals surface area contributed by atoms with Gasteiger partial charge in [0.2, 0.25) is 0 Å². The van der Waals surface area contributed by atoms with Crippen LogP contribution in [0.5, 0.6) is 0 Å². The van der Waals surface area contributed by atoms with Crippen LogP contribution in [0.25, 0.3) is 0 Å². The van der Waals surface area contributed by atoms with Crippen molar-refractivity contribution in [1.29, 1.82) is 0 Å². The number of fused-ring (bicyclic) bond motifs is 1. The monoisotopic (exact) mass is 259 g/mol. The Labute approximate surface area is 103 Å². The molecular formula is C13H16F3NO. The number of hydrogen-bond donors (Lipinski definition) is 1. The Morgan fingerprint density at radius 1 is 1.39 bits per heavy atom.